The Morgan fingerprint density at radius 1 is 1.04 bits per heavy atom. The van der Waals surface area contributed by atoms with E-state index < -0.39 is 6.10 Å². The molecule has 0 unspecified atom stereocenters. The first-order valence-electron chi connectivity index (χ1n) is 9.11. The first kappa shape index (κ1) is 20.8. The van der Waals surface area contributed by atoms with E-state index in [1.54, 1.807) is 53.4 Å². The number of para-hydroxylation sites is 1. The van der Waals surface area contributed by atoms with E-state index in [2.05, 4.69) is 5.32 Å². The highest BCUT2D eigenvalue weighted by Gasteiger charge is 2.22. The van der Waals surface area contributed by atoms with Crippen molar-refractivity contribution >= 4 is 29.1 Å². The van der Waals surface area contributed by atoms with Crippen LogP contribution >= 0.6 is 11.6 Å². The van der Waals surface area contributed by atoms with Gasteiger partial charge in [0.1, 0.15) is 5.75 Å². The fraction of sp³-hybridized carbons (Fsp3) is 0.333. The summed E-state index contributed by atoms with van der Waals surface area (Å²) in [4.78, 5) is 27.1. The Hall–Kier alpha value is -2.53. The van der Waals surface area contributed by atoms with Crippen LogP contribution in [0.2, 0.25) is 5.02 Å². The van der Waals surface area contributed by atoms with Crippen molar-refractivity contribution in [2.45, 2.75) is 33.3 Å². The maximum absolute atomic E-state index is 12.7. The quantitative estimate of drug-likeness (QED) is 0.717. The van der Waals surface area contributed by atoms with Gasteiger partial charge in [-0.15, -0.1) is 0 Å². The molecule has 2 amide bonds. The Balaban J connectivity index is 2.16. The number of rotatable bonds is 8. The Kier molecular flexibility index (Phi) is 7.67. The van der Waals surface area contributed by atoms with E-state index >= 15 is 0 Å². The van der Waals surface area contributed by atoms with Gasteiger partial charge in [-0.2, -0.15) is 0 Å². The predicted molar refractivity (Wildman–Crippen MR) is 108 cm³/mol. The lowest BCUT2D eigenvalue weighted by atomic mass is 10.1. The molecule has 0 aromatic heterocycles. The summed E-state index contributed by atoms with van der Waals surface area (Å²) in [7, 11) is 0. The van der Waals surface area contributed by atoms with Gasteiger partial charge in [0.25, 0.3) is 11.8 Å². The van der Waals surface area contributed by atoms with Crippen LogP contribution in [0.1, 0.15) is 37.6 Å². The number of benzene rings is 2. The van der Waals surface area contributed by atoms with Gasteiger partial charge < -0.3 is 15.0 Å². The van der Waals surface area contributed by atoms with Crippen LogP contribution < -0.4 is 10.1 Å². The van der Waals surface area contributed by atoms with Crippen LogP contribution in [0.25, 0.3) is 0 Å². The average Bonchev–Trinajstić information content (AvgIpc) is 2.68. The highest BCUT2D eigenvalue weighted by atomic mass is 35.5. The largest absolute Gasteiger partial charge is 0.481 e. The molecule has 0 radical (unpaired) electrons. The first-order valence-corrected chi connectivity index (χ1v) is 9.49. The zero-order valence-corrected chi connectivity index (χ0v) is 16.6. The van der Waals surface area contributed by atoms with E-state index in [9.17, 15) is 9.59 Å². The van der Waals surface area contributed by atoms with Gasteiger partial charge in [0.05, 0.1) is 11.3 Å². The Bertz CT molecular complexity index is 773. The molecule has 2 aromatic rings. The van der Waals surface area contributed by atoms with Gasteiger partial charge in [0.15, 0.2) is 6.10 Å². The lowest BCUT2D eigenvalue weighted by molar-refractivity contribution is -0.122. The number of anilines is 1. The highest BCUT2D eigenvalue weighted by molar-refractivity contribution is 6.30. The second-order valence-corrected chi connectivity index (χ2v) is 6.42. The number of nitrogens with one attached hydrogen (secondary N) is 1. The number of hydrogen-bond donors (Lipinski definition) is 1. The van der Waals surface area contributed by atoms with Crippen molar-refractivity contribution in [3.63, 3.8) is 0 Å². The zero-order valence-electron chi connectivity index (χ0n) is 15.9. The highest BCUT2D eigenvalue weighted by Crippen LogP contribution is 2.21. The van der Waals surface area contributed by atoms with Gasteiger partial charge in [-0.05, 0) is 56.7 Å². The third kappa shape index (κ3) is 5.47. The third-order valence-electron chi connectivity index (χ3n) is 4.22. The minimum atomic E-state index is -0.678. The molecule has 0 saturated heterocycles. The fourth-order valence-electron chi connectivity index (χ4n) is 2.67. The van der Waals surface area contributed by atoms with Crippen LogP contribution in [0.4, 0.5) is 5.69 Å². The molecule has 1 N–H and O–H groups in total. The van der Waals surface area contributed by atoms with Crippen molar-refractivity contribution in [3.05, 3.63) is 59.1 Å². The Labute approximate surface area is 165 Å². The molecule has 2 rings (SSSR count). The van der Waals surface area contributed by atoms with Crippen molar-refractivity contribution in [2.24, 2.45) is 0 Å². The lowest BCUT2D eigenvalue weighted by Gasteiger charge is -2.22. The predicted octanol–water partition coefficient (Wildman–Crippen LogP) is 4.62. The van der Waals surface area contributed by atoms with E-state index in [4.69, 9.17) is 16.3 Å². The van der Waals surface area contributed by atoms with E-state index in [1.165, 1.54) is 0 Å². The molecule has 0 saturated carbocycles. The van der Waals surface area contributed by atoms with Gasteiger partial charge in [0.2, 0.25) is 0 Å². The molecule has 1 atom stereocenters. The van der Waals surface area contributed by atoms with Gasteiger partial charge in [0, 0.05) is 18.1 Å². The maximum Gasteiger partial charge on any atom is 0.265 e. The molecule has 0 aliphatic carbocycles. The van der Waals surface area contributed by atoms with Crippen LogP contribution in [-0.2, 0) is 4.79 Å². The molecule has 6 heteroatoms. The van der Waals surface area contributed by atoms with Crippen LogP contribution in [0, 0.1) is 0 Å². The van der Waals surface area contributed by atoms with Crippen molar-refractivity contribution in [1.29, 1.82) is 0 Å². The number of amides is 2. The standard InChI is InChI=1S/C21H25ClN2O3/c1-4-19(27-16-13-11-15(22)12-14-16)20(25)23-18-10-8-7-9-17(18)21(26)24(5-2)6-3/h7-14,19H,4-6H2,1-3H3,(H,23,25)/t19-/m0/s1. The van der Waals surface area contributed by atoms with Crippen molar-refractivity contribution < 1.29 is 14.3 Å². The van der Waals surface area contributed by atoms with Gasteiger partial charge >= 0.3 is 0 Å². The average molecular weight is 389 g/mol. The second kappa shape index (κ2) is 9.97. The van der Waals surface area contributed by atoms with E-state index in [0.29, 0.717) is 41.5 Å². The summed E-state index contributed by atoms with van der Waals surface area (Å²) in [6.45, 7) is 6.93. The summed E-state index contributed by atoms with van der Waals surface area (Å²) in [5, 5.41) is 3.44. The molecule has 0 heterocycles. The second-order valence-electron chi connectivity index (χ2n) is 5.98. The fourth-order valence-corrected chi connectivity index (χ4v) is 2.80. The number of hydrogen-bond acceptors (Lipinski definition) is 3. The van der Waals surface area contributed by atoms with Crippen LogP contribution in [0.15, 0.2) is 48.5 Å². The molecule has 0 fully saturated rings. The van der Waals surface area contributed by atoms with Crippen LogP contribution in [0.5, 0.6) is 5.75 Å². The maximum atomic E-state index is 12.7. The number of carbonyl (C=O) groups excluding carboxylic acids is 2. The van der Waals surface area contributed by atoms with Crippen LogP contribution in [0.3, 0.4) is 0 Å². The molecule has 144 valence electrons. The molecule has 5 nitrogen and oxygen atoms in total. The normalized spacial score (nSPS) is 11.6. The summed E-state index contributed by atoms with van der Waals surface area (Å²) >= 11 is 5.88. The summed E-state index contributed by atoms with van der Waals surface area (Å²) in [5.74, 6) is 0.156. The van der Waals surface area contributed by atoms with E-state index in [0.717, 1.165) is 0 Å². The smallest absolute Gasteiger partial charge is 0.265 e. The minimum absolute atomic E-state index is 0.109. The van der Waals surface area contributed by atoms with Gasteiger partial charge in [-0.25, -0.2) is 0 Å². The van der Waals surface area contributed by atoms with Gasteiger partial charge in [-0.3, -0.25) is 9.59 Å². The molecule has 0 aliphatic rings. The molecule has 27 heavy (non-hydrogen) atoms. The molecular formula is C21H25ClN2O3. The number of halogens is 1. The SMILES string of the molecule is CC[C@H](Oc1ccc(Cl)cc1)C(=O)Nc1ccccc1C(=O)N(CC)CC. The van der Waals surface area contributed by atoms with Gasteiger partial charge in [-0.1, -0.05) is 30.7 Å². The summed E-state index contributed by atoms with van der Waals surface area (Å²) in [6.07, 6.45) is -0.191. The molecule has 0 bridgehead atoms. The van der Waals surface area contributed by atoms with E-state index in [-0.39, 0.29) is 11.8 Å². The Morgan fingerprint density at radius 2 is 1.67 bits per heavy atom. The number of ether oxygens (including phenoxy) is 1. The minimum Gasteiger partial charge on any atom is -0.481 e. The molecular weight excluding hydrogens is 364 g/mol. The monoisotopic (exact) mass is 388 g/mol. The Morgan fingerprint density at radius 3 is 2.26 bits per heavy atom. The summed E-state index contributed by atoms with van der Waals surface area (Å²) in [5.41, 5.74) is 0.952. The van der Waals surface area contributed by atoms with Crippen molar-refractivity contribution in [2.75, 3.05) is 18.4 Å². The third-order valence-corrected chi connectivity index (χ3v) is 4.47. The topological polar surface area (TPSA) is 58.6 Å². The number of carbonyl (C=O) groups is 2. The molecule has 0 spiro atoms. The van der Waals surface area contributed by atoms with Crippen molar-refractivity contribution in [3.8, 4) is 5.75 Å². The zero-order chi connectivity index (χ0) is 19.8. The van der Waals surface area contributed by atoms with E-state index in [1.807, 2.05) is 20.8 Å². The summed E-state index contributed by atoms with van der Waals surface area (Å²) < 4.78 is 5.78. The summed E-state index contributed by atoms with van der Waals surface area (Å²) in [6, 6.07) is 13.9. The first-order chi connectivity index (χ1) is 13.0. The van der Waals surface area contributed by atoms with Crippen LogP contribution in [-0.4, -0.2) is 35.9 Å². The molecule has 2 aromatic carbocycles. The number of nitrogens with zero attached hydrogens (tertiary/aromatic N) is 1. The lowest BCUT2D eigenvalue weighted by Crippen LogP contribution is -2.34. The van der Waals surface area contributed by atoms with Crippen molar-refractivity contribution in [1.82, 2.24) is 4.90 Å². The molecule has 0 aliphatic heterocycles.